The smallest absolute Gasteiger partial charge is 0.123 e. The second-order valence-electron chi connectivity index (χ2n) is 4.82. The summed E-state index contributed by atoms with van der Waals surface area (Å²) >= 11 is 0. The van der Waals surface area contributed by atoms with Crippen LogP contribution in [0.15, 0.2) is 34.9 Å². The highest BCUT2D eigenvalue weighted by molar-refractivity contribution is 5.44. The molecule has 0 spiro atoms. The van der Waals surface area contributed by atoms with E-state index in [0.717, 1.165) is 35.9 Å². The number of aromatic nitrogens is 1. The second kappa shape index (κ2) is 5.89. The first-order chi connectivity index (χ1) is 9.10. The Balaban J connectivity index is 2.05. The fraction of sp³-hybridized carbons (Fsp3) is 0.400. The summed E-state index contributed by atoms with van der Waals surface area (Å²) < 4.78 is 5.57. The van der Waals surface area contributed by atoms with Crippen molar-refractivity contribution in [3.63, 3.8) is 0 Å². The lowest BCUT2D eigenvalue weighted by Gasteiger charge is -2.18. The van der Waals surface area contributed by atoms with Crippen LogP contribution in [0.1, 0.15) is 36.6 Å². The zero-order chi connectivity index (χ0) is 13.8. The van der Waals surface area contributed by atoms with Gasteiger partial charge in [0.05, 0.1) is 24.1 Å². The van der Waals surface area contributed by atoms with Gasteiger partial charge in [0, 0.05) is 13.1 Å². The van der Waals surface area contributed by atoms with E-state index >= 15 is 0 Å². The maximum absolute atomic E-state index is 5.96. The molecule has 0 fully saturated rings. The zero-order valence-electron chi connectivity index (χ0n) is 11.8. The van der Waals surface area contributed by atoms with Crippen molar-refractivity contribution in [1.29, 1.82) is 0 Å². The molecule has 0 saturated carbocycles. The third-order valence-corrected chi connectivity index (χ3v) is 3.22. The van der Waals surface area contributed by atoms with Crippen molar-refractivity contribution in [3.8, 4) is 0 Å². The van der Waals surface area contributed by atoms with E-state index in [4.69, 9.17) is 10.2 Å². The van der Waals surface area contributed by atoms with Crippen molar-refractivity contribution in [2.24, 2.45) is 5.73 Å². The molecule has 1 unspecified atom stereocenters. The lowest BCUT2D eigenvalue weighted by atomic mass is 10.1. The van der Waals surface area contributed by atoms with Gasteiger partial charge in [-0.05, 0) is 37.6 Å². The van der Waals surface area contributed by atoms with Crippen LogP contribution >= 0.6 is 0 Å². The van der Waals surface area contributed by atoms with Crippen molar-refractivity contribution in [2.75, 3.05) is 11.9 Å². The SMILES string of the molecule is CCC(N)c1ccc(N(C)Cc2ccc(C)o2)cn1. The van der Waals surface area contributed by atoms with Crippen molar-refractivity contribution >= 4 is 5.69 Å². The third-order valence-electron chi connectivity index (χ3n) is 3.22. The van der Waals surface area contributed by atoms with Crippen molar-refractivity contribution < 1.29 is 4.42 Å². The van der Waals surface area contributed by atoms with Gasteiger partial charge in [-0.3, -0.25) is 4.98 Å². The maximum atomic E-state index is 5.96. The summed E-state index contributed by atoms with van der Waals surface area (Å²) in [6.07, 6.45) is 2.76. The lowest BCUT2D eigenvalue weighted by Crippen LogP contribution is -2.17. The molecule has 0 aromatic carbocycles. The van der Waals surface area contributed by atoms with Gasteiger partial charge in [-0.2, -0.15) is 0 Å². The van der Waals surface area contributed by atoms with Crippen LogP contribution in [0.5, 0.6) is 0 Å². The van der Waals surface area contributed by atoms with E-state index in [1.807, 2.05) is 44.4 Å². The molecule has 4 nitrogen and oxygen atoms in total. The molecule has 0 radical (unpaired) electrons. The number of aryl methyl sites for hydroxylation is 1. The van der Waals surface area contributed by atoms with Gasteiger partial charge in [0.15, 0.2) is 0 Å². The normalized spacial score (nSPS) is 12.4. The lowest BCUT2D eigenvalue weighted by molar-refractivity contribution is 0.481. The molecule has 2 rings (SSSR count). The van der Waals surface area contributed by atoms with Gasteiger partial charge in [0.1, 0.15) is 11.5 Å². The number of hydrogen-bond acceptors (Lipinski definition) is 4. The third kappa shape index (κ3) is 3.35. The number of anilines is 1. The molecular weight excluding hydrogens is 238 g/mol. The first-order valence-corrected chi connectivity index (χ1v) is 6.58. The molecule has 0 amide bonds. The van der Waals surface area contributed by atoms with Crippen LogP contribution in [-0.2, 0) is 6.54 Å². The Morgan fingerprint density at radius 1 is 1.32 bits per heavy atom. The second-order valence-corrected chi connectivity index (χ2v) is 4.82. The molecule has 0 aliphatic heterocycles. The molecule has 1 atom stereocenters. The quantitative estimate of drug-likeness (QED) is 0.896. The number of pyridine rings is 1. The number of rotatable bonds is 5. The van der Waals surface area contributed by atoms with Crippen molar-refractivity contribution in [3.05, 3.63) is 47.7 Å². The number of nitrogens with zero attached hydrogens (tertiary/aromatic N) is 2. The Hall–Kier alpha value is -1.81. The molecule has 2 heterocycles. The minimum Gasteiger partial charge on any atom is -0.464 e. The number of nitrogens with two attached hydrogens (primary N) is 1. The Kier molecular flexibility index (Phi) is 4.22. The minimum absolute atomic E-state index is 0.0204. The zero-order valence-corrected chi connectivity index (χ0v) is 11.8. The average Bonchev–Trinajstić information content (AvgIpc) is 2.83. The standard InChI is InChI=1S/C15H21N3O/c1-4-14(16)15-8-6-12(9-17-15)18(3)10-13-7-5-11(2)19-13/h5-9,14H,4,10,16H2,1-3H3. The predicted octanol–water partition coefficient (Wildman–Crippen LogP) is 3.03. The van der Waals surface area contributed by atoms with Crippen LogP contribution in [-0.4, -0.2) is 12.0 Å². The van der Waals surface area contributed by atoms with Crippen molar-refractivity contribution in [2.45, 2.75) is 32.9 Å². The Morgan fingerprint density at radius 2 is 2.11 bits per heavy atom. The van der Waals surface area contributed by atoms with E-state index in [-0.39, 0.29) is 6.04 Å². The number of furan rings is 1. The molecule has 19 heavy (non-hydrogen) atoms. The predicted molar refractivity (Wildman–Crippen MR) is 77.0 cm³/mol. The van der Waals surface area contributed by atoms with Crippen molar-refractivity contribution in [1.82, 2.24) is 4.98 Å². The van der Waals surface area contributed by atoms with E-state index in [0.29, 0.717) is 0 Å². The first-order valence-electron chi connectivity index (χ1n) is 6.58. The summed E-state index contributed by atoms with van der Waals surface area (Å²) in [6, 6.07) is 8.04. The van der Waals surface area contributed by atoms with E-state index in [9.17, 15) is 0 Å². The van der Waals surface area contributed by atoms with Crippen LogP contribution in [0.3, 0.4) is 0 Å². The fourth-order valence-corrected chi connectivity index (χ4v) is 1.95. The fourth-order valence-electron chi connectivity index (χ4n) is 1.95. The maximum Gasteiger partial charge on any atom is 0.123 e. The monoisotopic (exact) mass is 259 g/mol. The summed E-state index contributed by atoms with van der Waals surface area (Å²) in [7, 11) is 2.02. The van der Waals surface area contributed by atoms with Gasteiger partial charge < -0.3 is 15.1 Å². The topological polar surface area (TPSA) is 55.3 Å². The molecule has 2 aromatic rings. The Morgan fingerprint density at radius 3 is 2.63 bits per heavy atom. The summed E-state index contributed by atoms with van der Waals surface area (Å²) in [5, 5.41) is 0. The first kappa shape index (κ1) is 13.6. The molecule has 2 aromatic heterocycles. The van der Waals surface area contributed by atoms with E-state index in [1.165, 1.54) is 0 Å². The van der Waals surface area contributed by atoms with Crippen LogP contribution in [0.25, 0.3) is 0 Å². The Bertz CT molecular complexity index is 518. The summed E-state index contributed by atoms with van der Waals surface area (Å²) in [5.74, 6) is 1.89. The van der Waals surface area contributed by atoms with Crippen LogP contribution in [0.2, 0.25) is 0 Å². The summed E-state index contributed by atoms with van der Waals surface area (Å²) in [4.78, 5) is 6.52. The number of hydrogen-bond donors (Lipinski definition) is 1. The molecule has 4 heteroatoms. The van der Waals surface area contributed by atoms with Gasteiger partial charge in [0.2, 0.25) is 0 Å². The van der Waals surface area contributed by atoms with Gasteiger partial charge in [-0.1, -0.05) is 6.92 Å². The van der Waals surface area contributed by atoms with Gasteiger partial charge in [-0.25, -0.2) is 0 Å². The molecule has 0 aliphatic rings. The molecule has 0 aliphatic carbocycles. The molecule has 0 saturated heterocycles. The van der Waals surface area contributed by atoms with Crippen LogP contribution in [0, 0.1) is 6.92 Å². The van der Waals surface area contributed by atoms with Gasteiger partial charge in [0.25, 0.3) is 0 Å². The highest BCUT2D eigenvalue weighted by Gasteiger charge is 2.08. The molecular formula is C15H21N3O. The molecule has 2 N–H and O–H groups in total. The van der Waals surface area contributed by atoms with E-state index in [2.05, 4.69) is 16.8 Å². The van der Waals surface area contributed by atoms with Crippen LogP contribution in [0.4, 0.5) is 5.69 Å². The Labute approximate surface area is 114 Å². The molecule has 102 valence electrons. The highest BCUT2D eigenvalue weighted by atomic mass is 16.3. The van der Waals surface area contributed by atoms with Gasteiger partial charge >= 0.3 is 0 Å². The summed E-state index contributed by atoms with van der Waals surface area (Å²) in [5.41, 5.74) is 7.95. The minimum atomic E-state index is 0.0204. The van der Waals surface area contributed by atoms with E-state index < -0.39 is 0 Å². The van der Waals surface area contributed by atoms with E-state index in [1.54, 1.807) is 0 Å². The summed E-state index contributed by atoms with van der Waals surface area (Å²) in [6.45, 7) is 4.74. The largest absolute Gasteiger partial charge is 0.464 e. The highest BCUT2D eigenvalue weighted by Crippen LogP contribution is 2.18. The average molecular weight is 259 g/mol. The van der Waals surface area contributed by atoms with Gasteiger partial charge in [-0.15, -0.1) is 0 Å². The van der Waals surface area contributed by atoms with Crippen LogP contribution < -0.4 is 10.6 Å². The molecule has 0 bridgehead atoms.